The number of aryl methyl sites for hydroxylation is 1. The van der Waals surface area contributed by atoms with E-state index >= 15 is 0 Å². The van der Waals surface area contributed by atoms with Gasteiger partial charge in [-0.1, -0.05) is 41.9 Å². The Bertz CT molecular complexity index is 926. The van der Waals surface area contributed by atoms with Crippen molar-refractivity contribution in [3.63, 3.8) is 0 Å². The lowest BCUT2D eigenvalue weighted by molar-refractivity contribution is -0.123. The van der Waals surface area contributed by atoms with Gasteiger partial charge in [-0.3, -0.25) is 14.5 Å². The second-order valence-corrected chi connectivity index (χ2v) is 7.87. The number of halogens is 1. The second kappa shape index (κ2) is 9.72. The quantitative estimate of drug-likeness (QED) is 0.705. The number of carbonyl (C=O) groups excluding carboxylic acids is 2. The normalized spacial score (nSPS) is 17.4. The van der Waals surface area contributed by atoms with Gasteiger partial charge in [0.2, 0.25) is 11.8 Å². The number of hydrogen-bond acceptors (Lipinski definition) is 3. The molecule has 0 aliphatic carbocycles. The number of para-hydroxylation sites is 1. The van der Waals surface area contributed by atoms with E-state index in [2.05, 4.69) is 10.2 Å². The van der Waals surface area contributed by atoms with Crippen molar-refractivity contribution in [3.05, 3.63) is 70.3 Å². The molecule has 1 saturated heterocycles. The Hall–Kier alpha value is -2.63. The number of anilines is 1. The van der Waals surface area contributed by atoms with Crippen LogP contribution in [-0.4, -0.2) is 29.8 Å². The molecule has 2 aromatic carbocycles. The number of nitrogens with one attached hydrogen (secondary N) is 1. The van der Waals surface area contributed by atoms with E-state index in [-0.39, 0.29) is 17.7 Å². The van der Waals surface area contributed by atoms with E-state index < -0.39 is 0 Å². The highest BCUT2D eigenvalue weighted by atomic mass is 35.5. The van der Waals surface area contributed by atoms with Crippen LogP contribution in [-0.2, 0) is 16.1 Å². The predicted molar refractivity (Wildman–Crippen MR) is 117 cm³/mol. The number of likely N-dealkylation sites (tertiary alicyclic amines) is 1. The Morgan fingerprint density at radius 1 is 1.28 bits per heavy atom. The van der Waals surface area contributed by atoms with Gasteiger partial charge in [-0.2, -0.15) is 0 Å². The monoisotopic (exact) mass is 411 g/mol. The summed E-state index contributed by atoms with van der Waals surface area (Å²) in [4.78, 5) is 26.2. The van der Waals surface area contributed by atoms with E-state index in [4.69, 9.17) is 17.3 Å². The van der Waals surface area contributed by atoms with E-state index in [0.29, 0.717) is 18.1 Å². The lowest BCUT2D eigenvalue weighted by Gasteiger charge is -2.31. The number of benzene rings is 2. The Morgan fingerprint density at radius 3 is 2.83 bits per heavy atom. The van der Waals surface area contributed by atoms with E-state index in [1.54, 1.807) is 6.08 Å². The average molecular weight is 412 g/mol. The van der Waals surface area contributed by atoms with E-state index in [9.17, 15) is 9.59 Å². The van der Waals surface area contributed by atoms with Crippen molar-refractivity contribution in [2.45, 2.75) is 26.3 Å². The van der Waals surface area contributed by atoms with Crippen LogP contribution in [0.3, 0.4) is 0 Å². The minimum atomic E-state index is -0.238. The van der Waals surface area contributed by atoms with Gasteiger partial charge in [0.25, 0.3) is 0 Å². The van der Waals surface area contributed by atoms with Crippen molar-refractivity contribution in [2.24, 2.45) is 11.7 Å². The molecule has 3 N–H and O–H groups in total. The summed E-state index contributed by atoms with van der Waals surface area (Å²) in [5.74, 6) is -0.546. The molecule has 152 valence electrons. The van der Waals surface area contributed by atoms with Crippen LogP contribution in [0.25, 0.3) is 6.08 Å². The molecule has 0 aromatic heterocycles. The number of nitrogens with zero attached hydrogens (tertiary/aromatic N) is 1. The highest BCUT2D eigenvalue weighted by Crippen LogP contribution is 2.22. The zero-order valence-electron chi connectivity index (χ0n) is 16.5. The van der Waals surface area contributed by atoms with Gasteiger partial charge >= 0.3 is 0 Å². The smallest absolute Gasteiger partial charge is 0.248 e. The molecule has 1 heterocycles. The van der Waals surface area contributed by atoms with E-state index in [1.165, 1.54) is 6.08 Å². The van der Waals surface area contributed by atoms with Crippen LogP contribution in [0.2, 0.25) is 5.02 Å². The molecule has 2 aromatic rings. The number of amides is 2. The summed E-state index contributed by atoms with van der Waals surface area (Å²) in [7, 11) is 0. The average Bonchev–Trinajstić information content (AvgIpc) is 2.70. The minimum absolute atomic E-state index is 0.102. The SMILES string of the molecule is Cc1ccc(/C=C/C(=O)Nc2ccccc2CN2CCCC(C(N)=O)C2)cc1Cl. The molecular formula is C23H26ClN3O2. The van der Waals surface area contributed by atoms with Crippen molar-refractivity contribution in [1.82, 2.24) is 4.90 Å². The third kappa shape index (κ3) is 5.92. The summed E-state index contributed by atoms with van der Waals surface area (Å²) in [6, 6.07) is 13.4. The maximum Gasteiger partial charge on any atom is 0.248 e. The molecule has 3 rings (SSSR count). The highest BCUT2D eigenvalue weighted by Gasteiger charge is 2.24. The first-order valence-electron chi connectivity index (χ1n) is 9.77. The third-order valence-corrected chi connectivity index (χ3v) is 5.61. The Kier molecular flexibility index (Phi) is 7.07. The van der Waals surface area contributed by atoms with Gasteiger partial charge < -0.3 is 11.1 Å². The molecule has 1 atom stereocenters. The molecule has 2 amide bonds. The number of hydrogen-bond donors (Lipinski definition) is 2. The molecule has 1 fully saturated rings. The molecule has 1 aliphatic heterocycles. The lowest BCUT2D eigenvalue weighted by Crippen LogP contribution is -2.40. The molecule has 29 heavy (non-hydrogen) atoms. The molecule has 0 saturated carbocycles. The highest BCUT2D eigenvalue weighted by molar-refractivity contribution is 6.31. The fourth-order valence-electron chi connectivity index (χ4n) is 3.51. The Balaban J connectivity index is 1.65. The maximum atomic E-state index is 12.4. The number of nitrogens with two attached hydrogens (primary N) is 1. The standard InChI is InChI=1S/C23H26ClN3O2/c1-16-8-9-17(13-20(16)24)10-11-22(28)26-21-7-3-2-5-18(21)14-27-12-4-6-19(15-27)23(25)29/h2-3,5,7-11,13,19H,4,6,12,14-15H2,1H3,(H2,25,29)(H,26,28)/b11-10+. The van der Waals surface area contributed by atoms with Gasteiger partial charge in [-0.25, -0.2) is 0 Å². The van der Waals surface area contributed by atoms with Crippen LogP contribution < -0.4 is 11.1 Å². The largest absolute Gasteiger partial charge is 0.369 e. The van der Waals surface area contributed by atoms with Gasteiger partial charge in [-0.05, 0) is 61.2 Å². The van der Waals surface area contributed by atoms with Gasteiger partial charge in [-0.15, -0.1) is 0 Å². The van der Waals surface area contributed by atoms with Gasteiger partial charge in [0, 0.05) is 29.9 Å². The van der Waals surface area contributed by atoms with E-state index in [0.717, 1.165) is 41.8 Å². The summed E-state index contributed by atoms with van der Waals surface area (Å²) >= 11 is 6.13. The topological polar surface area (TPSA) is 75.4 Å². The lowest BCUT2D eigenvalue weighted by atomic mass is 9.97. The van der Waals surface area contributed by atoms with Crippen LogP contribution in [0.4, 0.5) is 5.69 Å². The zero-order chi connectivity index (χ0) is 20.8. The van der Waals surface area contributed by atoms with Crippen molar-refractivity contribution < 1.29 is 9.59 Å². The summed E-state index contributed by atoms with van der Waals surface area (Å²) in [6.45, 7) is 4.18. The van der Waals surface area contributed by atoms with Crippen LogP contribution >= 0.6 is 11.6 Å². The fourth-order valence-corrected chi connectivity index (χ4v) is 3.70. The number of rotatable bonds is 6. The number of primary amides is 1. The molecular weight excluding hydrogens is 386 g/mol. The first-order chi connectivity index (χ1) is 13.9. The van der Waals surface area contributed by atoms with Crippen molar-refractivity contribution in [2.75, 3.05) is 18.4 Å². The second-order valence-electron chi connectivity index (χ2n) is 7.46. The molecule has 0 spiro atoms. The zero-order valence-corrected chi connectivity index (χ0v) is 17.3. The molecule has 0 radical (unpaired) electrons. The summed E-state index contributed by atoms with van der Waals surface area (Å²) in [6.07, 6.45) is 5.04. The third-order valence-electron chi connectivity index (χ3n) is 5.20. The summed E-state index contributed by atoms with van der Waals surface area (Å²) < 4.78 is 0. The van der Waals surface area contributed by atoms with Crippen molar-refractivity contribution in [1.29, 1.82) is 0 Å². The maximum absolute atomic E-state index is 12.4. The van der Waals surface area contributed by atoms with Gasteiger partial charge in [0.15, 0.2) is 0 Å². The van der Waals surface area contributed by atoms with E-state index in [1.807, 2.05) is 49.4 Å². The summed E-state index contributed by atoms with van der Waals surface area (Å²) in [5, 5.41) is 3.63. The minimum Gasteiger partial charge on any atom is -0.369 e. The first-order valence-corrected chi connectivity index (χ1v) is 10.1. The fraction of sp³-hybridized carbons (Fsp3) is 0.304. The summed E-state index contributed by atoms with van der Waals surface area (Å²) in [5.41, 5.74) is 9.13. The molecule has 5 nitrogen and oxygen atoms in total. The van der Waals surface area contributed by atoms with Crippen molar-refractivity contribution >= 4 is 35.2 Å². The van der Waals surface area contributed by atoms with Crippen molar-refractivity contribution in [3.8, 4) is 0 Å². The Morgan fingerprint density at radius 2 is 2.07 bits per heavy atom. The van der Waals surface area contributed by atoms with Gasteiger partial charge in [0.05, 0.1) is 5.92 Å². The predicted octanol–water partition coefficient (Wildman–Crippen LogP) is 4.00. The van der Waals surface area contributed by atoms with Crippen LogP contribution in [0.1, 0.15) is 29.5 Å². The number of carbonyl (C=O) groups is 2. The van der Waals surface area contributed by atoms with Crippen LogP contribution in [0.5, 0.6) is 0 Å². The van der Waals surface area contributed by atoms with Crippen LogP contribution in [0, 0.1) is 12.8 Å². The molecule has 6 heteroatoms. The first kappa shape index (κ1) is 21.1. The molecule has 1 unspecified atom stereocenters. The van der Waals surface area contributed by atoms with Gasteiger partial charge in [0.1, 0.15) is 0 Å². The molecule has 0 bridgehead atoms. The Labute approximate surface area is 176 Å². The van der Waals surface area contributed by atoms with Crippen LogP contribution in [0.15, 0.2) is 48.5 Å². The molecule has 1 aliphatic rings. The number of piperidine rings is 1.